The van der Waals surface area contributed by atoms with Crippen LogP contribution in [0.3, 0.4) is 0 Å². The summed E-state index contributed by atoms with van der Waals surface area (Å²) in [5.41, 5.74) is 4.14. The summed E-state index contributed by atoms with van der Waals surface area (Å²) in [5, 5.41) is 8.70. The zero-order valence-electron chi connectivity index (χ0n) is 16.6. The fourth-order valence-corrected chi connectivity index (χ4v) is 2.88. The summed E-state index contributed by atoms with van der Waals surface area (Å²) < 4.78 is 0. The molecule has 0 saturated carbocycles. The van der Waals surface area contributed by atoms with Gasteiger partial charge in [0.15, 0.2) is 0 Å². The monoisotopic (exact) mass is 389 g/mol. The van der Waals surface area contributed by atoms with Gasteiger partial charge in [0, 0.05) is 29.7 Å². The maximum Gasteiger partial charge on any atom is 0.274 e. The fraction of sp³-hybridized carbons (Fsp3) is 0.182. The van der Waals surface area contributed by atoms with Gasteiger partial charge in [-0.15, -0.1) is 0 Å². The molecule has 0 aliphatic carbocycles. The summed E-state index contributed by atoms with van der Waals surface area (Å²) in [5.74, 6) is -0.173. The lowest BCUT2D eigenvalue weighted by molar-refractivity contribution is -0.114. The highest BCUT2D eigenvalue weighted by Gasteiger charge is 2.12. The van der Waals surface area contributed by atoms with Crippen molar-refractivity contribution in [1.82, 2.24) is 9.97 Å². The minimum atomic E-state index is -0.359. The van der Waals surface area contributed by atoms with E-state index in [0.29, 0.717) is 23.0 Å². The minimum absolute atomic E-state index is 0.178. The first-order valence-corrected chi connectivity index (χ1v) is 9.34. The molecule has 0 spiro atoms. The van der Waals surface area contributed by atoms with Gasteiger partial charge < -0.3 is 16.0 Å². The van der Waals surface area contributed by atoms with Crippen LogP contribution in [0.25, 0.3) is 0 Å². The first kappa shape index (κ1) is 20.0. The van der Waals surface area contributed by atoms with Gasteiger partial charge in [-0.2, -0.15) is 0 Å². The number of para-hydroxylation sites is 1. The highest BCUT2D eigenvalue weighted by molar-refractivity contribution is 6.03. The molecule has 7 heteroatoms. The maximum atomic E-state index is 12.7. The van der Waals surface area contributed by atoms with Crippen molar-refractivity contribution < 1.29 is 9.59 Å². The van der Waals surface area contributed by atoms with Gasteiger partial charge in [-0.05, 0) is 49.2 Å². The quantitative estimate of drug-likeness (QED) is 0.584. The number of hydrogen-bond acceptors (Lipinski definition) is 5. The third-order valence-electron chi connectivity index (χ3n) is 4.17. The molecule has 3 rings (SSSR count). The Morgan fingerprint density at radius 3 is 2.38 bits per heavy atom. The molecule has 3 N–H and O–H groups in total. The number of carbonyl (C=O) groups excluding carboxylic acids is 2. The maximum absolute atomic E-state index is 12.7. The number of anilines is 4. The number of carbonyl (C=O) groups is 2. The third kappa shape index (κ3) is 5.38. The van der Waals surface area contributed by atoms with Crippen LogP contribution < -0.4 is 16.0 Å². The molecule has 1 heterocycles. The highest BCUT2D eigenvalue weighted by atomic mass is 16.2. The average Bonchev–Trinajstić information content (AvgIpc) is 2.67. The van der Waals surface area contributed by atoms with Crippen LogP contribution in [0.15, 0.2) is 54.6 Å². The van der Waals surface area contributed by atoms with E-state index in [1.807, 2.05) is 31.2 Å². The van der Waals surface area contributed by atoms with E-state index in [-0.39, 0.29) is 17.5 Å². The van der Waals surface area contributed by atoms with Crippen molar-refractivity contribution in [1.29, 1.82) is 0 Å². The Hall–Kier alpha value is -3.74. The molecule has 29 heavy (non-hydrogen) atoms. The summed E-state index contributed by atoms with van der Waals surface area (Å²) in [6.45, 7) is 5.32. The summed E-state index contributed by atoms with van der Waals surface area (Å²) in [4.78, 5) is 32.7. The summed E-state index contributed by atoms with van der Waals surface area (Å²) in [6, 6.07) is 16.5. The van der Waals surface area contributed by atoms with Crippen molar-refractivity contribution in [3.05, 3.63) is 71.5 Å². The van der Waals surface area contributed by atoms with Crippen molar-refractivity contribution >= 4 is 34.8 Å². The predicted octanol–water partition coefficient (Wildman–Crippen LogP) is 4.30. The number of aryl methyl sites for hydroxylation is 2. The van der Waals surface area contributed by atoms with Crippen LogP contribution in [0.4, 0.5) is 23.0 Å². The summed E-state index contributed by atoms with van der Waals surface area (Å²) in [7, 11) is 0. The lowest BCUT2D eigenvalue weighted by Crippen LogP contribution is -2.16. The molecule has 0 atom stereocenters. The largest absolute Gasteiger partial charge is 0.326 e. The number of amides is 2. The van der Waals surface area contributed by atoms with Crippen LogP contribution in [-0.4, -0.2) is 21.8 Å². The second kappa shape index (κ2) is 8.97. The summed E-state index contributed by atoms with van der Waals surface area (Å²) in [6.07, 6.45) is 0.868. The van der Waals surface area contributed by atoms with Gasteiger partial charge >= 0.3 is 0 Å². The molecule has 0 aliphatic rings. The van der Waals surface area contributed by atoms with E-state index in [4.69, 9.17) is 0 Å². The van der Waals surface area contributed by atoms with Gasteiger partial charge in [-0.1, -0.05) is 31.2 Å². The molecule has 0 saturated heterocycles. The normalized spacial score (nSPS) is 10.3. The Labute approximate surface area is 169 Å². The van der Waals surface area contributed by atoms with Crippen LogP contribution in [0.5, 0.6) is 0 Å². The van der Waals surface area contributed by atoms with Crippen molar-refractivity contribution in [2.45, 2.75) is 27.2 Å². The van der Waals surface area contributed by atoms with E-state index in [9.17, 15) is 9.59 Å². The number of aromatic nitrogens is 2. The average molecular weight is 389 g/mol. The van der Waals surface area contributed by atoms with Crippen molar-refractivity contribution in [2.75, 3.05) is 16.0 Å². The zero-order valence-corrected chi connectivity index (χ0v) is 16.6. The molecule has 0 aliphatic heterocycles. The van der Waals surface area contributed by atoms with Gasteiger partial charge in [0.2, 0.25) is 11.9 Å². The Balaban J connectivity index is 1.80. The Bertz CT molecular complexity index is 1050. The molecule has 2 aromatic carbocycles. The molecule has 3 aromatic rings. The fourth-order valence-electron chi connectivity index (χ4n) is 2.88. The van der Waals surface area contributed by atoms with E-state index < -0.39 is 0 Å². The van der Waals surface area contributed by atoms with Gasteiger partial charge in [0.05, 0.1) is 0 Å². The van der Waals surface area contributed by atoms with Gasteiger partial charge in [-0.25, -0.2) is 9.97 Å². The van der Waals surface area contributed by atoms with E-state index in [1.165, 1.54) is 6.92 Å². The van der Waals surface area contributed by atoms with Crippen LogP contribution in [-0.2, 0) is 11.2 Å². The van der Waals surface area contributed by atoms with E-state index in [1.54, 1.807) is 30.3 Å². The standard InChI is InChI=1S/C22H23N5O2/c1-4-16-8-5-6-11-19(16)26-22-23-14(2)12-20(27-22)21(29)25-18-10-7-9-17(13-18)24-15(3)28/h5-13H,4H2,1-3H3,(H,24,28)(H,25,29)(H,23,26,27). The summed E-state index contributed by atoms with van der Waals surface area (Å²) >= 11 is 0. The van der Waals surface area contributed by atoms with Crippen LogP contribution in [0.1, 0.15) is 35.6 Å². The van der Waals surface area contributed by atoms with E-state index >= 15 is 0 Å². The van der Waals surface area contributed by atoms with Gasteiger partial charge in [0.1, 0.15) is 5.69 Å². The number of hydrogen-bond donors (Lipinski definition) is 3. The topological polar surface area (TPSA) is 96.0 Å². The van der Waals surface area contributed by atoms with Crippen LogP contribution >= 0.6 is 0 Å². The number of benzene rings is 2. The molecule has 0 fully saturated rings. The second-order valence-electron chi connectivity index (χ2n) is 6.57. The lowest BCUT2D eigenvalue weighted by atomic mass is 10.1. The first-order valence-electron chi connectivity index (χ1n) is 9.34. The number of nitrogens with zero attached hydrogens (tertiary/aromatic N) is 2. The van der Waals surface area contributed by atoms with Crippen molar-refractivity contribution in [3.8, 4) is 0 Å². The molecule has 0 radical (unpaired) electrons. The second-order valence-corrected chi connectivity index (χ2v) is 6.57. The Morgan fingerprint density at radius 2 is 1.66 bits per heavy atom. The number of rotatable bonds is 6. The number of nitrogens with one attached hydrogen (secondary N) is 3. The van der Waals surface area contributed by atoms with E-state index in [2.05, 4.69) is 32.8 Å². The Morgan fingerprint density at radius 1 is 0.931 bits per heavy atom. The smallest absolute Gasteiger partial charge is 0.274 e. The Kier molecular flexibility index (Phi) is 6.19. The molecule has 7 nitrogen and oxygen atoms in total. The molecule has 148 valence electrons. The SMILES string of the molecule is CCc1ccccc1Nc1nc(C)cc(C(=O)Nc2cccc(NC(C)=O)c2)n1. The minimum Gasteiger partial charge on any atom is -0.326 e. The van der Waals surface area contributed by atoms with Crippen molar-refractivity contribution in [3.63, 3.8) is 0 Å². The zero-order chi connectivity index (χ0) is 20.8. The predicted molar refractivity (Wildman–Crippen MR) is 115 cm³/mol. The molecular formula is C22H23N5O2. The molecule has 2 amide bonds. The van der Waals surface area contributed by atoms with Crippen molar-refractivity contribution in [2.24, 2.45) is 0 Å². The van der Waals surface area contributed by atoms with Crippen LogP contribution in [0, 0.1) is 6.92 Å². The van der Waals surface area contributed by atoms with Crippen LogP contribution in [0.2, 0.25) is 0 Å². The first-order chi connectivity index (χ1) is 13.9. The van der Waals surface area contributed by atoms with Gasteiger partial charge in [-0.3, -0.25) is 9.59 Å². The highest BCUT2D eigenvalue weighted by Crippen LogP contribution is 2.20. The molecule has 1 aromatic heterocycles. The lowest BCUT2D eigenvalue weighted by Gasteiger charge is -2.12. The third-order valence-corrected chi connectivity index (χ3v) is 4.17. The molecule has 0 bridgehead atoms. The van der Waals surface area contributed by atoms with E-state index in [0.717, 1.165) is 17.7 Å². The van der Waals surface area contributed by atoms with Gasteiger partial charge in [0.25, 0.3) is 5.91 Å². The molecular weight excluding hydrogens is 366 g/mol. The molecule has 0 unspecified atom stereocenters.